The summed E-state index contributed by atoms with van der Waals surface area (Å²) in [6.07, 6.45) is 2.47. The van der Waals surface area contributed by atoms with Crippen LogP contribution in [-0.4, -0.2) is 70.9 Å². The van der Waals surface area contributed by atoms with Crippen LogP contribution >= 0.6 is 22.7 Å². The first-order valence-corrected chi connectivity index (χ1v) is 13.8. The fraction of sp³-hybridized carbons (Fsp3) is 0.462. The van der Waals surface area contributed by atoms with Gasteiger partial charge in [0.05, 0.1) is 27.4 Å². The fourth-order valence-corrected chi connectivity index (χ4v) is 6.22. The van der Waals surface area contributed by atoms with E-state index < -0.39 is 5.91 Å². The molecule has 0 radical (unpaired) electrons. The van der Waals surface area contributed by atoms with Gasteiger partial charge in [0.25, 0.3) is 5.91 Å². The number of thiazole rings is 2. The molecule has 36 heavy (non-hydrogen) atoms. The lowest BCUT2D eigenvalue weighted by atomic mass is 10.0. The highest BCUT2D eigenvalue weighted by molar-refractivity contribution is 7.17. The lowest BCUT2D eigenvalue weighted by molar-refractivity contribution is 0.0662. The fourth-order valence-electron chi connectivity index (χ4n) is 4.35. The maximum Gasteiger partial charge on any atom is 0.282 e. The zero-order valence-electron chi connectivity index (χ0n) is 21.4. The number of hydrogen-bond acceptors (Lipinski definition) is 8. The van der Waals surface area contributed by atoms with Crippen LogP contribution in [0, 0.1) is 6.92 Å². The van der Waals surface area contributed by atoms with E-state index >= 15 is 0 Å². The number of primary amides is 1. The molecule has 1 fully saturated rings. The van der Waals surface area contributed by atoms with Crippen molar-refractivity contribution >= 4 is 34.5 Å². The smallest absolute Gasteiger partial charge is 0.282 e. The first kappa shape index (κ1) is 26.2. The molecule has 0 unspecified atom stereocenters. The van der Waals surface area contributed by atoms with E-state index in [1.807, 2.05) is 31.1 Å². The number of aryl methyl sites for hydroxylation is 1. The SMILES string of the molecule is Cc1nc(C(=O)N2CCC(N(C)C)CC2)sc1-c1csc(Cc2cc(C(N)=O)ccc2OC(C)C)n1. The van der Waals surface area contributed by atoms with Crippen LogP contribution in [0.1, 0.15) is 63.1 Å². The van der Waals surface area contributed by atoms with Crippen molar-refractivity contribution in [1.82, 2.24) is 19.8 Å². The molecule has 3 aromatic rings. The number of carbonyl (C=O) groups is 2. The Morgan fingerprint density at radius 2 is 1.94 bits per heavy atom. The standard InChI is InChI=1S/C26H33N5O3S2/c1-15(2)34-21-7-6-17(24(27)32)12-18(21)13-22-29-20(14-35-22)23-16(3)28-25(36-23)26(33)31-10-8-19(9-11-31)30(4)5/h6-7,12,14-15,19H,8-11,13H2,1-5H3,(H2,27,32). The second kappa shape index (κ2) is 11.1. The number of nitrogens with two attached hydrogens (primary N) is 1. The van der Waals surface area contributed by atoms with E-state index in [1.54, 1.807) is 18.2 Å². The minimum Gasteiger partial charge on any atom is -0.491 e. The van der Waals surface area contributed by atoms with Crippen molar-refractivity contribution < 1.29 is 14.3 Å². The Hall–Kier alpha value is -2.82. The zero-order valence-corrected chi connectivity index (χ0v) is 23.0. The largest absolute Gasteiger partial charge is 0.491 e. The maximum absolute atomic E-state index is 13.1. The summed E-state index contributed by atoms with van der Waals surface area (Å²) in [6.45, 7) is 7.35. The summed E-state index contributed by atoms with van der Waals surface area (Å²) in [5, 5.41) is 3.39. The third-order valence-electron chi connectivity index (χ3n) is 6.30. The molecule has 4 rings (SSSR count). The molecule has 10 heteroatoms. The summed E-state index contributed by atoms with van der Waals surface area (Å²) < 4.78 is 5.94. The van der Waals surface area contributed by atoms with Crippen molar-refractivity contribution in [3.8, 4) is 16.3 Å². The van der Waals surface area contributed by atoms with E-state index in [0.717, 1.165) is 52.8 Å². The minimum atomic E-state index is -0.476. The molecular formula is C26H33N5O3S2. The lowest BCUT2D eigenvalue weighted by Crippen LogP contribution is -2.44. The van der Waals surface area contributed by atoms with Crippen molar-refractivity contribution in [2.24, 2.45) is 5.73 Å². The van der Waals surface area contributed by atoms with Crippen LogP contribution in [0.5, 0.6) is 5.75 Å². The number of ether oxygens (including phenoxy) is 1. The molecule has 0 spiro atoms. The van der Waals surface area contributed by atoms with E-state index in [2.05, 4.69) is 24.0 Å². The van der Waals surface area contributed by atoms with Crippen LogP contribution in [0.15, 0.2) is 23.6 Å². The van der Waals surface area contributed by atoms with Crippen LogP contribution in [0.2, 0.25) is 0 Å². The topological polar surface area (TPSA) is 102 Å². The summed E-state index contributed by atoms with van der Waals surface area (Å²) in [5.74, 6) is 0.239. The average Bonchev–Trinajstić information content (AvgIpc) is 3.45. The molecule has 1 aliphatic rings. The van der Waals surface area contributed by atoms with Gasteiger partial charge >= 0.3 is 0 Å². The van der Waals surface area contributed by atoms with Gasteiger partial charge in [0.1, 0.15) is 5.75 Å². The number of nitrogens with zero attached hydrogens (tertiary/aromatic N) is 4. The van der Waals surface area contributed by atoms with Crippen molar-refractivity contribution in [2.45, 2.75) is 52.2 Å². The van der Waals surface area contributed by atoms with Gasteiger partial charge in [-0.1, -0.05) is 0 Å². The van der Waals surface area contributed by atoms with Gasteiger partial charge < -0.3 is 20.3 Å². The quantitative estimate of drug-likeness (QED) is 0.471. The molecule has 0 aliphatic carbocycles. The molecule has 0 saturated carbocycles. The van der Waals surface area contributed by atoms with Gasteiger partial charge in [-0.2, -0.15) is 0 Å². The molecule has 0 atom stereocenters. The van der Waals surface area contributed by atoms with Gasteiger partial charge in [0.15, 0.2) is 5.01 Å². The maximum atomic E-state index is 13.1. The van der Waals surface area contributed by atoms with Crippen LogP contribution in [0.25, 0.3) is 10.6 Å². The molecule has 2 aromatic heterocycles. The Labute approximate surface area is 220 Å². The number of aromatic nitrogens is 2. The van der Waals surface area contributed by atoms with E-state index in [9.17, 15) is 9.59 Å². The molecule has 1 saturated heterocycles. The lowest BCUT2D eigenvalue weighted by Gasteiger charge is -2.34. The van der Waals surface area contributed by atoms with Gasteiger partial charge in [0.2, 0.25) is 5.91 Å². The van der Waals surface area contributed by atoms with E-state index in [4.69, 9.17) is 15.5 Å². The Bertz CT molecular complexity index is 1240. The van der Waals surface area contributed by atoms with Gasteiger partial charge in [-0.25, -0.2) is 9.97 Å². The number of carbonyl (C=O) groups excluding carboxylic acids is 2. The molecule has 3 heterocycles. The van der Waals surface area contributed by atoms with Crippen molar-refractivity contribution in [2.75, 3.05) is 27.2 Å². The number of amides is 2. The van der Waals surface area contributed by atoms with Crippen LogP contribution < -0.4 is 10.5 Å². The highest BCUT2D eigenvalue weighted by Gasteiger charge is 2.27. The molecule has 2 amide bonds. The van der Waals surface area contributed by atoms with Crippen molar-refractivity contribution in [1.29, 1.82) is 0 Å². The van der Waals surface area contributed by atoms with E-state index in [0.29, 0.717) is 28.8 Å². The third-order valence-corrected chi connectivity index (χ3v) is 8.31. The third kappa shape index (κ3) is 5.93. The second-order valence-electron chi connectivity index (χ2n) is 9.58. The van der Waals surface area contributed by atoms with E-state index in [-0.39, 0.29) is 12.0 Å². The van der Waals surface area contributed by atoms with Crippen molar-refractivity contribution in [3.05, 3.63) is 50.4 Å². The number of hydrogen-bond donors (Lipinski definition) is 1. The number of rotatable bonds is 8. The van der Waals surface area contributed by atoms with Crippen LogP contribution in [0.3, 0.4) is 0 Å². The molecular weight excluding hydrogens is 494 g/mol. The first-order valence-electron chi connectivity index (χ1n) is 12.1. The summed E-state index contributed by atoms with van der Waals surface area (Å²) in [7, 11) is 4.18. The molecule has 1 aromatic carbocycles. The Kier molecular flexibility index (Phi) is 8.07. The average molecular weight is 528 g/mol. The second-order valence-corrected chi connectivity index (χ2v) is 11.5. The normalized spacial score (nSPS) is 14.6. The summed E-state index contributed by atoms with van der Waals surface area (Å²) in [6, 6.07) is 5.76. The van der Waals surface area contributed by atoms with Gasteiger partial charge in [-0.05, 0) is 65.9 Å². The Morgan fingerprint density at radius 1 is 1.22 bits per heavy atom. The molecule has 0 bridgehead atoms. The van der Waals surface area contributed by atoms with E-state index in [1.165, 1.54) is 22.7 Å². The summed E-state index contributed by atoms with van der Waals surface area (Å²) in [4.78, 5) is 39.3. The van der Waals surface area contributed by atoms with Crippen LogP contribution in [-0.2, 0) is 6.42 Å². The predicted molar refractivity (Wildman–Crippen MR) is 144 cm³/mol. The van der Waals surface area contributed by atoms with Crippen LogP contribution in [0.4, 0.5) is 0 Å². The summed E-state index contributed by atoms with van der Waals surface area (Å²) >= 11 is 2.94. The Morgan fingerprint density at radius 3 is 2.58 bits per heavy atom. The molecule has 8 nitrogen and oxygen atoms in total. The number of likely N-dealkylation sites (tertiary alicyclic amines) is 1. The number of benzene rings is 1. The highest BCUT2D eigenvalue weighted by Crippen LogP contribution is 2.33. The van der Waals surface area contributed by atoms with Gasteiger partial charge in [0, 0.05) is 42.1 Å². The number of piperidine rings is 1. The first-order chi connectivity index (χ1) is 17.1. The van der Waals surface area contributed by atoms with Gasteiger partial charge in [-0.3, -0.25) is 9.59 Å². The minimum absolute atomic E-state index is 0.000457. The molecule has 1 aliphatic heterocycles. The van der Waals surface area contributed by atoms with Gasteiger partial charge in [-0.15, -0.1) is 22.7 Å². The Balaban J connectivity index is 1.51. The molecule has 192 valence electrons. The summed E-state index contributed by atoms with van der Waals surface area (Å²) in [5.41, 5.74) is 8.41. The highest BCUT2D eigenvalue weighted by atomic mass is 32.1. The molecule has 2 N–H and O–H groups in total. The zero-order chi connectivity index (χ0) is 26.0. The monoisotopic (exact) mass is 527 g/mol. The van der Waals surface area contributed by atoms with Crippen molar-refractivity contribution in [3.63, 3.8) is 0 Å². The predicted octanol–water partition coefficient (Wildman–Crippen LogP) is 4.22.